The summed E-state index contributed by atoms with van der Waals surface area (Å²) in [5, 5.41) is 2.98. The van der Waals surface area contributed by atoms with Gasteiger partial charge < -0.3 is 14.8 Å². The summed E-state index contributed by atoms with van der Waals surface area (Å²) in [6, 6.07) is 10.4. The Hall–Kier alpha value is -3.22. The molecule has 1 aromatic heterocycles. The number of nitrogens with zero attached hydrogens (tertiary/aromatic N) is 1. The molecule has 1 saturated carbocycles. The van der Waals surface area contributed by atoms with Crippen molar-refractivity contribution in [3.63, 3.8) is 0 Å². The molecule has 1 aromatic carbocycles. The maximum atomic E-state index is 13.6. The lowest BCUT2D eigenvalue weighted by molar-refractivity contribution is -0.143. The van der Waals surface area contributed by atoms with Gasteiger partial charge in [-0.25, -0.2) is 9.18 Å². The van der Waals surface area contributed by atoms with Crippen LogP contribution in [0.1, 0.15) is 58.1 Å². The highest BCUT2D eigenvalue weighted by molar-refractivity contribution is 5.75. The van der Waals surface area contributed by atoms with E-state index in [4.69, 9.17) is 9.47 Å². The van der Waals surface area contributed by atoms with Gasteiger partial charge in [-0.15, -0.1) is 0 Å². The third-order valence-electron chi connectivity index (χ3n) is 7.32. The number of rotatable bonds is 5. The summed E-state index contributed by atoms with van der Waals surface area (Å²) in [4.78, 5) is 29.2. The zero-order valence-electron chi connectivity index (χ0n) is 21.0. The first-order valence-corrected chi connectivity index (χ1v) is 13.0. The number of alkyl carbamates (subject to hydrolysis) is 1. The van der Waals surface area contributed by atoms with Crippen LogP contribution in [0, 0.1) is 23.6 Å². The topological polar surface area (TPSA) is 77.5 Å². The molecule has 2 aliphatic rings. The number of hydrogen-bond donors (Lipinski definition) is 1. The number of carbonyl (C=O) groups excluding carboxylic acids is 2. The molecule has 0 bridgehead atoms. The van der Waals surface area contributed by atoms with E-state index >= 15 is 0 Å². The summed E-state index contributed by atoms with van der Waals surface area (Å²) in [6.45, 7) is 4.13. The minimum absolute atomic E-state index is 0.0390. The molecular weight excluding hydrogens is 459 g/mol. The van der Waals surface area contributed by atoms with Crippen LogP contribution in [0.3, 0.4) is 0 Å². The molecule has 1 N–H and O–H groups in total. The molecule has 5 atom stereocenters. The second-order valence-electron chi connectivity index (χ2n) is 9.75. The number of carbonyl (C=O) groups is 2. The minimum atomic E-state index is -0.379. The molecule has 1 amide bonds. The molecule has 2 aromatic rings. The fourth-order valence-electron chi connectivity index (χ4n) is 5.58. The van der Waals surface area contributed by atoms with Gasteiger partial charge >= 0.3 is 12.1 Å². The van der Waals surface area contributed by atoms with E-state index in [2.05, 4.69) is 16.4 Å². The number of allylic oxidation sites excluding steroid dienone is 1. The second kappa shape index (κ2) is 12.2. The molecule has 7 heteroatoms. The van der Waals surface area contributed by atoms with Crippen molar-refractivity contribution < 1.29 is 23.5 Å². The van der Waals surface area contributed by atoms with Gasteiger partial charge in [0.1, 0.15) is 11.9 Å². The monoisotopic (exact) mass is 494 g/mol. The van der Waals surface area contributed by atoms with Gasteiger partial charge in [0, 0.05) is 23.7 Å². The highest BCUT2D eigenvalue weighted by Gasteiger charge is 2.45. The largest absolute Gasteiger partial charge is 0.462 e. The Kier molecular flexibility index (Phi) is 8.73. The number of ether oxygens (including phenoxy) is 2. The first kappa shape index (κ1) is 25.9. The lowest BCUT2D eigenvalue weighted by Crippen LogP contribution is -2.36. The summed E-state index contributed by atoms with van der Waals surface area (Å²) in [5.74, 6) is -0.250. The Bertz CT molecular complexity index is 1070. The zero-order chi connectivity index (χ0) is 25.5. The van der Waals surface area contributed by atoms with Gasteiger partial charge in [0.15, 0.2) is 0 Å². The van der Waals surface area contributed by atoms with Crippen molar-refractivity contribution in [2.45, 2.75) is 64.5 Å². The van der Waals surface area contributed by atoms with Crippen molar-refractivity contribution in [1.29, 1.82) is 0 Å². The van der Waals surface area contributed by atoms with Gasteiger partial charge in [-0.2, -0.15) is 0 Å². The lowest BCUT2D eigenvalue weighted by Gasteiger charge is -2.29. The van der Waals surface area contributed by atoms with Gasteiger partial charge in [-0.1, -0.05) is 37.1 Å². The SMILES string of the molecule is CCOC(=O)N[C@@H]1CCC[C@@H](/C=C/c2ccc(-c3cccc(F)c3)cn2)[C@@H]2[C@H](C)OC(=O)[C@@H]2CCC1. The van der Waals surface area contributed by atoms with Crippen LogP contribution in [0.4, 0.5) is 9.18 Å². The number of cyclic esters (lactones) is 1. The van der Waals surface area contributed by atoms with Crippen molar-refractivity contribution in [3.8, 4) is 11.1 Å². The van der Waals surface area contributed by atoms with Crippen LogP contribution in [0.15, 0.2) is 48.7 Å². The van der Waals surface area contributed by atoms with E-state index in [9.17, 15) is 14.0 Å². The normalized spacial score (nSPS) is 26.8. The molecule has 4 rings (SSSR count). The van der Waals surface area contributed by atoms with E-state index in [-0.39, 0.29) is 47.8 Å². The fourth-order valence-corrected chi connectivity index (χ4v) is 5.58. The maximum absolute atomic E-state index is 13.6. The Morgan fingerprint density at radius 2 is 1.97 bits per heavy atom. The Morgan fingerprint density at radius 1 is 1.17 bits per heavy atom. The number of fused-ring (bicyclic) bond motifs is 1. The number of halogens is 1. The van der Waals surface area contributed by atoms with Crippen LogP contribution in [-0.4, -0.2) is 35.8 Å². The van der Waals surface area contributed by atoms with E-state index in [1.807, 2.05) is 31.2 Å². The van der Waals surface area contributed by atoms with Gasteiger partial charge in [0.25, 0.3) is 0 Å². The molecule has 0 radical (unpaired) electrons. The van der Waals surface area contributed by atoms with Crippen LogP contribution in [-0.2, 0) is 14.3 Å². The van der Waals surface area contributed by atoms with Crippen molar-refractivity contribution in [1.82, 2.24) is 10.3 Å². The predicted molar refractivity (Wildman–Crippen MR) is 136 cm³/mol. The number of esters is 1. The molecule has 0 spiro atoms. The standard InChI is InChI=1S/C29H35FN2O4/c1-3-35-29(34)32-25-10-5-7-20(27-19(2)36-28(33)26(27)12-6-11-25)13-15-24-16-14-22(18-31-24)21-8-4-9-23(30)17-21/h4,8-9,13-20,25-27H,3,5-7,10-12H2,1-2H3,(H,32,34)/b15-13+/t19-,20-,25+,26+,27-/m0/s1. The number of pyridine rings is 1. The molecule has 1 aliphatic carbocycles. The van der Waals surface area contributed by atoms with Crippen LogP contribution in [0.2, 0.25) is 0 Å². The molecule has 1 saturated heterocycles. The van der Waals surface area contributed by atoms with Gasteiger partial charge in [0.05, 0.1) is 18.2 Å². The molecule has 0 unspecified atom stereocenters. The predicted octanol–water partition coefficient (Wildman–Crippen LogP) is 6.16. The Balaban J connectivity index is 1.48. The van der Waals surface area contributed by atoms with Gasteiger partial charge in [0.2, 0.25) is 0 Å². The minimum Gasteiger partial charge on any atom is -0.462 e. The number of hydrogen-bond acceptors (Lipinski definition) is 5. The molecule has 192 valence electrons. The Labute approximate surface area is 212 Å². The summed E-state index contributed by atoms with van der Waals surface area (Å²) >= 11 is 0. The third-order valence-corrected chi connectivity index (χ3v) is 7.32. The summed E-state index contributed by atoms with van der Waals surface area (Å²) in [5.41, 5.74) is 2.45. The average Bonchev–Trinajstić information content (AvgIpc) is 3.14. The molecule has 2 heterocycles. The van der Waals surface area contributed by atoms with Crippen molar-refractivity contribution in [3.05, 3.63) is 60.2 Å². The first-order valence-electron chi connectivity index (χ1n) is 13.0. The van der Waals surface area contributed by atoms with E-state index in [0.29, 0.717) is 6.61 Å². The molecular formula is C29H35FN2O4. The number of aromatic nitrogens is 1. The molecule has 2 fully saturated rings. The van der Waals surface area contributed by atoms with Crippen LogP contribution in [0.25, 0.3) is 17.2 Å². The van der Waals surface area contributed by atoms with Crippen molar-refractivity contribution in [2.75, 3.05) is 6.61 Å². The van der Waals surface area contributed by atoms with E-state index in [1.54, 1.807) is 19.2 Å². The summed E-state index contributed by atoms with van der Waals surface area (Å²) in [6.07, 6.45) is 10.5. The highest BCUT2D eigenvalue weighted by Crippen LogP contribution is 2.41. The smallest absolute Gasteiger partial charge is 0.407 e. The average molecular weight is 495 g/mol. The van der Waals surface area contributed by atoms with Crippen LogP contribution in [0.5, 0.6) is 0 Å². The number of amides is 1. The van der Waals surface area contributed by atoms with Crippen molar-refractivity contribution in [2.24, 2.45) is 17.8 Å². The van der Waals surface area contributed by atoms with E-state index in [1.165, 1.54) is 12.1 Å². The lowest BCUT2D eigenvalue weighted by atomic mass is 9.74. The molecule has 36 heavy (non-hydrogen) atoms. The van der Waals surface area contributed by atoms with E-state index < -0.39 is 0 Å². The fraction of sp³-hybridized carbons (Fsp3) is 0.483. The molecule has 6 nitrogen and oxygen atoms in total. The Morgan fingerprint density at radius 3 is 2.69 bits per heavy atom. The van der Waals surface area contributed by atoms with E-state index in [0.717, 1.165) is 55.3 Å². The van der Waals surface area contributed by atoms with Crippen LogP contribution >= 0.6 is 0 Å². The van der Waals surface area contributed by atoms with Gasteiger partial charge in [-0.05, 0) is 75.3 Å². The summed E-state index contributed by atoms with van der Waals surface area (Å²) < 4.78 is 24.3. The summed E-state index contributed by atoms with van der Waals surface area (Å²) in [7, 11) is 0. The van der Waals surface area contributed by atoms with Crippen molar-refractivity contribution >= 4 is 18.1 Å². The number of benzene rings is 1. The highest BCUT2D eigenvalue weighted by atomic mass is 19.1. The second-order valence-corrected chi connectivity index (χ2v) is 9.75. The first-order chi connectivity index (χ1) is 17.4. The zero-order valence-corrected chi connectivity index (χ0v) is 21.0. The van der Waals surface area contributed by atoms with Crippen LogP contribution < -0.4 is 5.32 Å². The maximum Gasteiger partial charge on any atom is 0.407 e. The quantitative estimate of drug-likeness (QED) is 0.504. The third kappa shape index (κ3) is 6.50. The number of nitrogens with one attached hydrogen (secondary N) is 1. The van der Waals surface area contributed by atoms with Gasteiger partial charge in [-0.3, -0.25) is 9.78 Å². The molecule has 1 aliphatic heterocycles.